The number of hydrogen-bond acceptors (Lipinski definition) is 3. The lowest BCUT2D eigenvalue weighted by atomic mass is 9.93. The van der Waals surface area contributed by atoms with Crippen LogP contribution in [0.4, 0.5) is 13.2 Å². The molecule has 0 atom stereocenters. The molecule has 0 aromatic carbocycles. The third kappa shape index (κ3) is 10.5. The number of likely N-dealkylation sites (tertiary alicyclic amines) is 2. The maximum absolute atomic E-state index is 12.5. The van der Waals surface area contributed by atoms with Gasteiger partial charge in [0.2, 0.25) is 0 Å². The molecule has 29 heavy (non-hydrogen) atoms. The first-order valence-electron chi connectivity index (χ1n) is 10.8. The highest BCUT2D eigenvalue weighted by Crippen LogP contribution is 2.24. The average molecular weight is 533 g/mol. The molecule has 0 amide bonds. The molecular formula is C20H39F3IN5. The Morgan fingerprint density at radius 2 is 1.69 bits per heavy atom. The van der Waals surface area contributed by atoms with Crippen LogP contribution >= 0.6 is 24.0 Å². The van der Waals surface area contributed by atoms with E-state index in [2.05, 4.69) is 36.3 Å². The van der Waals surface area contributed by atoms with Crippen LogP contribution in [0.25, 0.3) is 0 Å². The first kappa shape index (κ1) is 26.7. The molecule has 2 rings (SSSR count). The predicted octanol–water partition coefficient (Wildman–Crippen LogP) is 3.70. The lowest BCUT2D eigenvalue weighted by Crippen LogP contribution is -2.49. The molecule has 0 aromatic heterocycles. The van der Waals surface area contributed by atoms with Crippen LogP contribution in [-0.4, -0.2) is 79.8 Å². The lowest BCUT2D eigenvalue weighted by molar-refractivity contribution is -0.148. The van der Waals surface area contributed by atoms with E-state index in [-0.39, 0.29) is 24.0 Å². The summed E-state index contributed by atoms with van der Waals surface area (Å²) in [4.78, 5) is 8.75. The van der Waals surface area contributed by atoms with Gasteiger partial charge in [0.1, 0.15) is 0 Å². The van der Waals surface area contributed by atoms with E-state index < -0.39 is 12.7 Å². The van der Waals surface area contributed by atoms with Gasteiger partial charge in [0.05, 0.1) is 6.54 Å². The molecule has 2 fully saturated rings. The van der Waals surface area contributed by atoms with Crippen molar-refractivity contribution >= 4 is 29.9 Å². The normalized spacial score (nSPS) is 21.3. The molecule has 0 unspecified atom stereocenters. The number of piperidine rings is 2. The molecule has 0 radical (unpaired) electrons. The van der Waals surface area contributed by atoms with Gasteiger partial charge in [-0.1, -0.05) is 0 Å². The Labute approximate surface area is 191 Å². The number of nitrogens with zero attached hydrogens (tertiary/aromatic N) is 3. The highest BCUT2D eigenvalue weighted by Gasteiger charge is 2.32. The summed E-state index contributed by atoms with van der Waals surface area (Å²) in [6.45, 7) is 10.6. The summed E-state index contributed by atoms with van der Waals surface area (Å²) in [5.41, 5.74) is 0. The van der Waals surface area contributed by atoms with Crippen molar-refractivity contribution < 1.29 is 13.2 Å². The van der Waals surface area contributed by atoms with Gasteiger partial charge in [-0.15, -0.1) is 24.0 Å². The molecule has 172 valence electrons. The number of halogens is 4. The Morgan fingerprint density at radius 1 is 1.07 bits per heavy atom. The van der Waals surface area contributed by atoms with Crippen LogP contribution in [0.1, 0.15) is 52.9 Å². The van der Waals surface area contributed by atoms with Crippen LogP contribution in [-0.2, 0) is 0 Å². The predicted molar refractivity (Wildman–Crippen MR) is 124 cm³/mol. The maximum atomic E-state index is 12.5. The Hall–Kier alpha value is -0.290. The molecule has 0 aromatic rings. The van der Waals surface area contributed by atoms with E-state index in [1.54, 1.807) is 0 Å². The first-order chi connectivity index (χ1) is 13.3. The van der Waals surface area contributed by atoms with Crippen molar-refractivity contribution in [2.75, 3.05) is 45.8 Å². The summed E-state index contributed by atoms with van der Waals surface area (Å²) in [5, 5.41) is 6.89. The van der Waals surface area contributed by atoms with Gasteiger partial charge in [-0.05, 0) is 71.9 Å². The standard InChI is InChI=1S/C20H38F3N5.HI/c1-4-24-19(26-18-8-13-28(14-9-18)16(2)3)25-10-5-17-6-11-27(12-7-17)15-20(21,22)23;/h16-18H,4-15H2,1-3H3,(H2,24,25,26);1H. The van der Waals surface area contributed by atoms with Gasteiger partial charge < -0.3 is 15.5 Å². The number of nitrogens with one attached hydrogen (secondary N) is 2. The van der Waals surface area contributed by atoms with Crippen LogP contribution in [0.5, 0.6) is 0 Å². The van der Waals surface area contributed by atoms with Gasteiger partial charge in [0.15, 0.2) is 5.96 Å². The van der Waals surface area contributed by atoms with Crippen molar-refractivity contribution in [1.29, 1.82) is 0 Å². The number of alkyl halides is 3. The summed E-state index contributed by atoms with van der Waals surface area (Å²) >= 11 is 0. The monoisotopic (exact) mass is 533 g/mol. The fraction of sp³-hybridized carbons (Fsp3) is 0.950. The second kappa shape index (κ2) is 13.2. The van der Waals surface area contributed by atoms with E-state index >= 15 is 0 Å². The molecule has 0 saturated carbocycles. The Balaban J connectivity index is 0.00000420. The molecule has 2 aliphatic heterocycles. The topological polar surface area (TPSA) is 42.9 Å². The van der Waals surface area contributed by atoms with Crippen LogP contribution < -0.4 is 10.6 Å². The number of aliphatic imine (C=N–C) groups is 1. The quantitative estimate of drug-likeness (QED) is 0.298. The molecule has 5 nitrogen and oxygen atoms in total. The maximum Gasteiger partial charge on any atom is 0.401 e. The van der Waals surface area contributed by atoms with Crippen LogP contribution in [0.15, 0.2) is 4.99 Å². The van der Waals surface area contributed by atoms with Crippen molar-refractivity contribution in [2.45, 2.75) is 71.1 Å². The van der Waals surface area contributed by atoms with Crippen LogP contribution in [0.3, 0.4) is 0 Å². The van der Waals surface area contributed by atoms with E-state index in [1.807, 2.05) is 0 Å². The smallest absolute Gasteiger partial charge is 0.357 e. The molecule has 2 aliphatic rings. The van der Waals surface area contributed by atoms with Gasteiger partial charge in [0.25, 0.3) is 0 Å². The zero-order chi connectivity index (χ0) is 20.6. The summed E-state index contributed by atoms with van der Waals surface area (Å²) in [7, 11) is 0. The number of hydrogen-bond donors (Lipinski definition) is 2. The summed E-state index contributed by atoms with van der Waals surface area (Å²) in [5.74, 6) is 1.35. The first-order valence-corrected chi connectivity index (χ1v) is 10.8. The molecule has 2 saturated heterocycles. The summed E-state index contributed by atoms with van der Waals surface area (Å²) < 4.78 is 37.4. The minimum absolute atomic E-state index is 0. The van der Waals surface area contributed by atoms with Gasteiger partial charge >= 0.3 is 6.18 Å². The second-order valence-corrected chi connectivity index (χ2v) is 8.43. The highest BCUT2D eigenvalue weighted by molar-refractivity contribution is 14.0. The average Bonchev–Trinajstić information content (AvgIpc) is 2.62. The Kier molecular flexibility index (Phi) is 12.2. The van der Waals surface area contributed by atoms with Crippen molar-refractivity contribution in [1.82, 2.24) is 20.4 Å². The van der Waals surface area contributed by atoms with Gasteiger partial charge in [-0.2, -0.15) is 13.2 Å². The number of guanidine groups is 1. The minimum atomic E-state index is -4.09. The van der Waals surface area contributed by atoms with Crippen LogP contribution in [0, 0.1) is 5.92 Å². The highest BCUT2D eigenvalue weighted by atomic mass is 127. The molecule has 0 bridgehead atoms. The van der Waals surface area contributed by atoms with Gasteiger partial charge in [0, 0.05) is 38.3 Å². The fourth-order valence-corrected chi connectivity index (χ4v) is 4.12. The summed E-state index contributed by atoms with van der Waals surface area (Å²) in [6, 6.07) is 1.06. The van der Waals surface area contributed by atoms with E-state index in [0.29, 0.717) is 31.1 Å². The SMILES string of the molecule is CCNC(=NCCC1CCN(CC(F)(F)F)CC1)NC1CCN(C(C)C)CC1.I. The molecule has 9 heteroatoms. The second-order valence-electron chi connectivity index (χ2n) is 8.43. The third-order valence-corrected chi connectivity index (χ3v) is 5.86. The largest absolute Gasteiger partial charge is 0.401 e. The summed E-state index contributed by atoms with van der Waals surface area (Å²) in [6.07, 6.45) is 0.782. The van der Waals surface area contributed by atoms with E-state index in [9.17, 15) is 13.2 Å². The lowest BCUT2D eigenvalue weighted by Gasteiger charge is -2.35. The fourth-order valence-electron chi connectivity index (χ4n) is 4.12. The molecular weight excluding hydrogens is 494 g/mol. The Morgan fingerprint density at radius 3 is 2.21 bits per heavy atom. The van der Waals surface area contributed by atoms with Crippen molar-refractivity contribution in [3.63, 3.8) is 0 Å². The zero-order valence-electron chi connectivity index (χ0n) is 18.1. The molecule has 2 N–H and O–H groups in total. The van der Waals surface area contributed by atoms with Gasteiger partial charge in [-0.25, -0.2) is 0 Å². The molecule has 0 aliphatic carbocycles. The zero-order valence-corrected chi connectivity index (χ0v) is 20.4. The van der Waals surface area contributed by atoms with E-state index in [1.165, 1.54) is 4.90 Å². The third-order valence-electron chi connectivity index (χ3n) is 5.86. The van der Waals surface area contributed by atoms with Crippen molar-refractivity contribution in [2.24, 2.45) is 10.9 Å². The minimum Gasteiger partial charge on any atom is -0.357 e. The van der Waals surface area contributed by atoms with E-state index in [0.717, 1.165) is 64.2 Å². The Bertz CT molecular complexity index is 471. The van der Waals surface area contributed by atoms with Crippen molar-refractivity contribution in [3.05, 3.63) is 0 Å². The molecule has 2 heterocycles. The van der Waals surface area contributed by atoms with E-state index in [4.69, 9.17) is 4.99 Å². The molecule has 0 spiro atoms. The van der Waals surface area contributed by atoms with Crippen LogP contribution in [0.2, 0.25) is 0 Å². The van der Waals surface area contributed by atoms with Crippen molar-refractivity contribution in [3.8, 4) is 0 Å². The van der Waals surface area contributed by atoms with Gasteiger partial charge in [-0.3, -0.25) is 9.89 Å². The number of rotatable bonds is 7.